The third-order valence-corrected chi connectivity index (χ3v) is 4.04. The summed E-state index contributed by atoms with van der Waals surface area (Å²) in [6, 6.07) is 0.606. The summed E-state index contributed by atoms with van der Waals surface area (Å²) < 4.78 is 0. The molecule has 0 spiro atoms. The number of likely N-dealkylation sites (N-methyl/N-ethyl adjacent to an activating group) is 1. The lowest BCUT2D eigenvalue weighted by Crippen LogP contribution is -2.52. The lowest BCUT2D eigenvalue weighted by molar-refractivity contribution is -0.133. The van der Waals surface area contributed by atoms with Crippen molar-refractivity contribution in [3.63, 3.8) is 0 Å². The number of hydrogen-bond donors (Lipinski definition) is 1. The lowest BCUT2D eigenvalue weighted by atomic mass is 10.0. The fourth-order valence-corrected chi connectivity index (χ4v) is 2.80. The first-order valence-corrected chi connectivity index (χ1v) is 7.04. The van der Waals surface area contributed by atoms with Gasteiger partial charge in [0.25, 0.3) is 0 Å². The second-order valence-corrected chi connectivity index (χ2v) is 5.63. The van der Waals surface area contributed by atoms with Gasteiger partial charge in [-0.1, -0.05) is 0 Å². The molecule has 0 aliphatic carbocycles. The maximum absolute atomic E-state index is 12.2. The number of rotatable bonds is 3. The minimum absolute atomic E-state index is 0.302. The van der Waals surface area contributed by atoms with E-state index >= 15 is 0 Å². The average molecular weight is 254 g/mol. The Labute approximate surface area is 110 Å². The van der Waals surface area contributed by atoms with Gasteiger partial charge in [-0.25, -0.2) is 0 Å². The van der Waals surface area contributed by atoms with E-state index in [1.54, 1.807) is 0 Å². The van der Waals surface area contributed by atoms with Crippen molar-refractivity contribution in [2.45, 2.75) is 18.9 Å². The topological polar surface area (TPSA) is 38.8 Å². The molecule has 2 aliphatic heterocycles. The van der Waals surface area contributed by atoms with Crippen molar-refractivity contribution in [2.24, 2.45) is 0 Å². The number of carbonyl (C=O) groups excluding carboxylic acids is 1. The Morgan fingerprint density at radius 1 is 1.28 bits per heavy atom. The Bertz CT molecular complexity index is 276. The molecule has 0 aromatic heterocycles. The summed E-state index contributed by atoms with van der Waals surface area (Å²) in [7, 11) is 4.26. The Balaban J connectivity index is 1.79. The standard InChI is InChI=1S/C13H26N4O/c1-15(2)12-4-3-7-16(10-12)11-13(18)17-8-5-14-6-9-17/h12,14H,3-11H2,1-2H3. The lowest BCUT2D eigenvalue weighted by Gasteiger charge is -2.37. The molecule has 5 heteroatoms. The van der Waals surface area contributed by atoms with E-state index in [-0.39, 0.29) is 0 Å². The highest BCUT2D eigenvalue weighted by molar-refractivity contribution is 5.78. The van der Waals surface area contributed by atoms with Gasteiger partial charge in [-0.3, -0.25) is 9.69 Å². The Morgan fingerprint density at radius 3 is 2.67 bits per heavy atom. The van der Waals surface area contributed by atoms with E-state index < -0.39 is 0 Å². The van der Waals surface area contributed by atoms with Gasteiger partial charge in [0.2, 0.25) is 5.91 Å². The van der Waals surface area contributed by atoms with Crippen LogP contribution in [0.1, 0.15) is 12.8 Å². The van der Waals surface area contributed by atoms with E-state index in [0.717, 1.165) is 39.3 Å². The molecule has 5 nitrogen and oxygen atoms in total. The first-order chi connectivity index (χ1) is 8.66. The predicted molar refractivity (Wildman–Crippen MR) is 72.6 cm³/mol. The summed E-state index contributed by atoms with van der Waals surface area (Å²) >= 11 is 0. The Hall–Kier alpha value is -0.650. The third-order valence-electron chi connectivity index (χ3n) is 4.04. The van der Waals surface area contributed by atoms with Crippen LogP contribution in [0, 0.1) is 0 Å². The molecule has 1 atom stereocenters. The zero-order chi connectivity index (χ0) is 13.0. The zero-order valence-corrected chi connectivity index (χ0v) is 11.7. The van der Waals surface area contributed by atoms with Crippen LogP contribution in [0.2, 0.25) is 0 Å². The number of likely N-dealkylation sites (tertiary alicyclic amines) is 1. The molecule has 1 unspecified atom stereocenters. The van der Waals surface area contributed by atoms with Gasteiger partial charge in [-0.05, 0) is 33.5 Å². The van der Waals surface area contributed by atoms with Crippen molar-refractivity contribution in [3.05, 3.63) is 0 Å². The van der Waals surface area contributed by atoms with Crippen LogP contribution >= 0.6 is 0 Å². The number of carbonyl (C=O) groups is 1. The number of piperazine rings is 1. The van der Waals surface area contributed by atoms with Crippen molar-refractivity contribution in [3.8, 4) is 0 Å². The predicted octanol–water partition coefficient (Wildman–Crippen LogP) is -0.556. The van der Waals surface area contributed by atoms with Crippen LogP contribution in [0.15, 0.2) is 0 Å². The highest BCUT2D eigenvalue weighted by Gasteiger charge is 2.25. The van der Waals surface area contributed by atoms with Crippen LogP contribution in [-0.2, 0) is 4.79 Å². The van der Waals surface area contributed by atoms with Crippen molar-refractivity contribution in [1.29, 1.82) is 0 Å². The largest absolute Gasteiger partial charge is 0.339 e. The first kappa shape index (κ1) is 13.8. The van der Waals surface area contributed by atoms with Crippen molar-refractivity contribution < 1.29 is 4.79 Å². The van der Waals surface area contributed by atoms with E-state index in [4.69, 9.17) is 0 Å². The maximum atomic E-state index is 12.2. The average Bonchev–Trinajstić information content (AvgIpc) is 2.40. The maximum Gasteiger partial charge on any atom is 0.236 e. The number of nitrogens with one attached hydrogen (secondary N) is 1. The molecular weight excluding hydrogens is 228 g/mol. The van der Waals surface area contributed by atoms with Crippen LogP contribution in [0.4, 0.5) is 0 Å². The second kappa shape index (κ2) is 6.50. The monoisotopic (exact) mass is 254 g/mol. The Morgan fingerprint density at radius 2 is 2.00 bits per heavy atom. The van der Waals surface area contributed by atoms with Gasteiger partial charge in [-0.2, -0.15) is 0 Å². The minimum atomic E-state index is 0.302. The van der Waals surface area contributed by atoms with Crippen molar-refractivity contribution in [2.75, 3.05) is 59.9 Å². The van der Waals surface area contributed by atoms with Crippen LogP contribution < -0.4 is 5.32 Å². The molecule has 2 rings (SSSR count). The van der Waals surface area contributed by atoms with Crippen LogP contribution in [0.5, 0.6) is 0 Å². The van der Waals surface area contributed by atoms with Gasteiger partial charge in [-0.15, -0.1) is 0 Å². The van der Waals surface area contributed by atoms with E-state index in [2.05, 4.69) is 29.2 Å². The summed E-state index contributed by atoms with van der Waals surface area (Å²) in [5, 5.41) is 3.28. The first-order valence-electron chi connectivity index (χ1n) is 7.04. The highest BCUT2D eigenvalue weighted by Crippen LogP contribution is 2.13. The van der Waals surface area contributed by atoms with Crippen molar-refractivity contribution in [1.82, 2.24) is 20.0 Å². The summed E-state index contributed by atoms with van der Waals surface area (Å²) in [4.78, 5) is 18.8. The van der Waals surface area contributed by atoms with Gasteiger partial charge in [0.1, 0.15) is 0 Å². The normalized spacial score (nSPS) is 26.6. The molecule has 18 heavy (non-hydrogen) atoms. The molecule has 0 aromatic rings. The fraction of sp³-hybridized carbons (Fsp3) is 0.923. The quantitative estimate of drug-likeness (QED) is 0.733. The molecule has 2 heterocycles. The van der Waals surface area contributed by atoms with E-state index in [0.29, 0.717) is 18.5 Å². The molecule has 2 saturated heterocycles. The zero-order valence-electron chi connectivity index (χ0n) is 11.7. The van der Waals surface area contributed by atoms with Gasteiger partial charge in [0.05, 0.1) is 6.54 Å². The van der Waals surface area contributed by atoms with E-state index in [1.807, 2.05) is 4.90 Å². The van der Waals surface area contributed by atoms with Gasteiger partial charge in [0, 0.05) is 38.8 Å². The van der Waals surface area contributed by atoms with Crippen LogP contribution in [0.3, 0.4) is 0 Å². The van der Waals surface area contributed by atoms with Gasteiger partial charge in [0.15, 0.2) is 0 Å². The highest BCUT2D eigenvalue weighted by atomic mass is 16.2. The Kier molecular flexibility index (Phi) is 4.97. The number of nitrogens with zero attached hydrogens (tertiary/aromatic N) is 3. The fourth-order valence-electron chi connectivity index (χ4n) is 2.80. The molecule has 0 bridgehead atoms. The smallest absolute Gasteiger partial charge is 0.236 e. The molecule has 104 valence electrons. The summed E-state index contributed by atoms with van der Waals surface area (Å²) in [6.07, 6.45) is 2.46. The number of hydrogen-bond acceptors (Lipinski definition) is 4. The van der Waals surface area contributed by atoms with Gasteiger partial charge < -0.3 is 15.1 Å². The van der Waals surface area contributed by atoms with E-state index in [1.165, 1.54) is 12.8 Å². The number of amides is 1. The van der Waals surface area contributed by atoms with Crippen molar-refractivity contribution >= 4 is 5.91 Å². The SMILES string of the molecule is CN(C)C1CCCN(CC(=O)N2CCNCC2)C1. The third kappa shape index (κ3) is 3.67. The summed E-state index contributed by atoms with van der Waals surface area (Å²) in [5.74, 6) is 0.302. The second-order valence-electron chi connectivity index (χ2n) is 5.63. The van der Waals surface area contributed by atoms with Gasteiger partial charge >= 0.3 is 0 Å². The van der Waals surface area contributed by atoms with Crippen LogP contribution in [-0.4, -0.2) is 86.6 Å². The summed E-state index contributed by atoms with van der Waals surface area (Å²) in [6.45, 7) is 6.31. The molecule has 1 amide bonds. The molecule has 0 radical (unpaired) electrons. The molecule has 2 fully saturated rings. The molecule has 2 aliphatic rings. The minimum Gasteiger partial charge on any atom is -0.339 e. The van der Waals surface area contributed by atoms with E-state index in [9.17, 15) is 4.79 Å². The molecular formula is C13H26N4O. The molecule has 0 aromatic carbocycles. The number of piperidine rings is 1. The molecule has 1 N–H and O–H groups in total. The molecule has 0 saturated carbocycles. The van der Waals surface area contributed by atoms with Crippen LogP contribution in [0.25, 0.3) is 0 Å². The summed E-state index contributed by atoms with van der Waals surface area (Å²) in [5.41, 5.74) is 0.